The van der Waals surface area contributed by atoms with Gasteiger partial charge in [-0.25, -0.2) is 0 Å². The van der Waals surface area contributed by atoms with E-state index in [0.717, 1.165) is 27.8 Å². The number of rotatable bonds is 12. The molecule has 1 aliphatic heterocycles. The smallest absolute Gasteiger partial charge is 0.245 e. The first-order chi connectivity index (χ1) is 21.9. The quantitative estimate of drug-likeness (QED) is 0.257. The van der Waals surface area contributed by atoms with Crippen LogP contribution < -0.4 is 11.1 Å². The summed E-state index contributed by atoms with van der Waals surface area (Å²) in [5.74, 6) is -0.896. The number of aliphatic hydroxyl groups excluding tert-OH is 1. The van der Waals surface area contributed by atoms with Crippen LogP contribution in [-0.2, 0) is 27.2 Å². The molecule has 1 saturated heterocycles. The molecule has 1 unspecified atom stereocenters. The largest absolute Gasteiger partial charge is 0.393 e. The van der Waals surface area contributed by atoms with Gasteiger partial charge in [-0.15, -0.1) is 0 Å². The van der Waals surface area contributed by atoms with E-state index < -0.39 is 23.7 Å². The fourth-order valence-electron chi connectivity index (χ4n) is 6.03. The van der Waals surface area contributed by atoms with Crippen molar-refractivity contribution in [3.05, 3.63) is 108 Å². The number of amides is 3. The van der Waals surface area contributed by atoms with Crippen LogP contribution in [0.25, 0.3) is 11.1 Å². The SMILES string of the molecule is C/C(=C\C(=O)N[C@H](Cc1ccc(-c2ccccc2)cc1)C(=O)N(C)C(Cc1ccccc1)C(=O)N1CCC(O)CC1)CC(C)(C)N. The van der Waals surface area contributed by atoms with E-state index in [1.165, 1.54) is 11.0 Å². The highest BCUT2D eigenvalue weighted by atomic mass is 16.3. The average Bonchev–Trinajstić information content (AvgIpc) is 3.03. The number of carbonyl (C=O) groups excluding carboxylic acids is 3. The van der Waals surface area contributed by atoms with Crippen molar-refractivity contribution in [1.29, 1.82) is 0 Å². The molecule has 4 rings (SSSR count). The summed E-state index contributed by atoms with van der Waals surface area (Å²) in [4.78, 5) is 44.8. The van der Waals surface area contributed by atoms with E-state index in [9.17, 15) is 19.5 Å². The number of aliphatic hydroxyl groups is 1. The number of nitrogens with zero attached hydrogens (tertiary/aromatic N) is 2. The van der Waals surface area contributed by atoms with Crippen LogP contribution in [0.4, 0.5) is 0 Å². The van der Waals surface area contributed by atoms with Gasteiger partial charge in [0.2, 0.25) is 17.7 Å². The van der Waals surface area contributed by atoms with Crippen LogP contribution in [0.1, 0.15) is 51.2 Å². The van der Waals surface area contributed by atoms with E-state index in [1.54, 1.807) is 11.9 Å². The van der Waals surface area contributed by atoms with Crippen LogP contribution in [0.2, 0.25) is 0 Å². The Morgan fingerprint density at radius 3 is 2.04 bits per heavy atom. The van der Waals surface area contributed by atoms with Crippen molar-refractivity contribution in [3.63, 3.8) is 0 Å². The zero-order chi connectivity index (χ0) is 33.3. The number of likely N-dealkylation sites (N-methyl/N-ethyl adjacent to an activating group) is 1. The van der Waals surface area contributed by atoms with E-state index >= 15 is 0 Å². The maximum Gasteiger partial charge on any atom is 0.245 e. The third-order valence-corrected chi connectivity index (χ3v) is 8.38. The van der Waals surface area contributed by atoms with E-state index in [4.69, 9.17) is 5.73 Å². The van der Waals surface area contributed by atoms with Gasteiger partial charge >= 0.3 is 0 Å². The Balaban J connectivity index is 1.61. The molecular formula is C38H48N4O4. The Labute approximate surface area is 273 Å². The van der Waals surface area contributed by atoms with Crippen molar-refractivity contribution in [2.75, 3.05) is 20.1 Å². The first kappa shape index (κ1) is 34.6. The molecule has 3 aromatic rings. The van der Waals surface area contributed by atoms with Gasteiger partial charge in [-0.2, -0.15) is 0 Å². The molecule has 2 atom stereocenters. The molecule has 3 amide bonds. The zero-order valence-corrected chi connectivity index (χ0v) is 27.5. The predicted molar refractivity (Wildman–Crippen MR) is 183 cm³/mol. The number of piperidine rings is 1. The number of hydrogen-bond donors (Lipinski definition) is 3. The summed E-state index contributed by atoms with van der Waals surface area (Å²) < 4.78 is 0. The molecular weight excluding hydrogens is 576 g/mol. The van der Waals surface area contributed by atoms with E-state index in [0.29, 0.717) is 38.8 Å². The van der Waals surface area contributed by atoms with Crippen LogP contribution in [0.15, 0.2) is 96.6 Å². The lowest BCUT2D eigenvalue weighted by atomic mass is 9.96. The maximum atomic E-state index is 14.3. The number of benzene rings is 3. The number of nitrogens with one attached hydrogen (secondary N) is 1. The van der Waals surface area contributed by atoms with Crippen molar-refractivity contribution in [1.82, 2.24) is 15.1 Å². The normalized spacial score (nSPS) is 15.6. The summed E-state index contributed by atoms with van der Waals surface area (Å²) in [6.45, 7) is 6.51. The van der Waals surface area contributed by atoms with Crippen molar-refractivity contribution in [3.8, 4) is 11.1 Å². The number of nitrogens with two attached hydrogens (primary N) is 1. The van der Waals surface area contributed by atoms with E-state index in [-0.39, 0.29) is 24.1 Å². The third kappa shape index (κ3) is 10.1. The number of carbonyl (C=O) groups is 3. The molecule has 46 heavy (non-hydrogen) atoms. The second-order valence-electron chi connectivity index (χ2n) is 13.2. The molecule has 3 aromatic carbocycles. The molecule has 1 aliphatic rings. The Morgan fingerprint density at radius 2 is 1.46 bits per heavy atom. The van der Waals surface area contributed by atoms with Gasteiger partial charge in [-0.3, -0.25) is 14.4 Å². The Kier molecular flexibility index (Phi) is 11.9. The van der Waals surface area contributed by atoms with Gasteiger partial charge in [0.25, 0.3) is 0 Å². The molecule has 0 aromatic heterocycles. The summed E-state index contributed by atoms with van der Waals surface area (Å²) in [6, 6.07) is 25.9. The standard InChI is InChI=1S/C38H48N4O4/c1-27(26-38(2,3)39)23-35(44)40-33(24-29-15-17-31(18-16-29)30-13-9-6-10-14-30)36(45)41(4)34(25-28-11-7-5-8-12-28)37(46)42-21-19-32(43)20-22-42/h5-18,23,32-34,43H,19-22,24-26,39H2,1-4H3,(H,40,44)/b27-23+/t33-,34?/m1/s1. The van der Waals surface area contributed by atoms with Crippen LogP contribution in [0.5, 0.6) is 0 Å². The van der Waals surface area contributed by atoms with Crippen molar-refractivity contribution in [2.24, 2.45) is 5.73 Å². The number of hydrogen-bond acceptors (Lipinski definition) is 5. The van der Waals surface area contributed by atoms with Gasteiger partial charge < -0.3 is 26.0 Å². The topological polar surface area (TPSA) is 116 Å². The van der Waals surface area contributed by atoms with E-state index in [1.807, 2.05) is 106 Å². The molecule has 0 spiro atoms. The van der Waals surface area contributed by atoms with Crippen LogP contribution >= 0.6 is 0 Å². The highest BCUT2D eigenvalue weighted by molar-refractivity contribution is 5.95. The molecule has 1 fully saturated rings. The predicted octanol–water partition coefficient (Wildman–Crippen LogP) is 4.51. The summed E-state index contributed by atoms with van der Waals surface area (Å²) >= 11 is 0. The molecule has 0 radical (unpaired) electrons. The summed E-state index contributed by atoms with van der Waals surface area (Å²) in [5.41, 5.74) is 10.4. The summed E-state index contributed by atoms with van der Waals surface area (Å²) in [6.07, 6.45) is 3.19. The first-order valence-corrected chi connectivity index (χ1v) is 16.1. The lowest BCUT2D eigenvalue weighted by Gasteiger charge is -2.37. The molecule has 0 bridgehead atoms. The maximum absolute atomic E-state index is 14.3. The molecule has 0 aliphatic carbocycles. The zero-order valence-electron chi connectivity index (χ0n) is 27.5. The molecule has 1 heterocycles. The summed E-state index contributed by atoms with van der Waals surface area (Å²) in [5, 5.41) is 13.0. The second-order valence-corrected chi connectivity index (χ2v) is 13.2. The average molecular weight is 625 g/mol. The minimum Gasteiger partial charge on any atom is -0.393 e. The van der Waals surface area contributed by atoms with Gasteiger partial charge in [0, 0.05) is 44.6 Å². The lowest BCUT2D eigenvalue weighted by Crippen LogP contribution is -2.57. The van der Waals surface area contributed by atoms with Crippen LogP contribution in [-0.4, -0.2) is 76.5 Å². The Morgan fingerprint density at radius 1 is 0.913 bits per heavy atom. The molecule has 0 saturated carbocycles. The van der Waals surface area contributed by atoms with Gasteiger partial charge in [-0.05, 0) is 62.3 Å². The molecule has 244 valence electrons. The van der Waals surface area contributed by atoms with Gasteiger partial charge in [0.15, 0.2) is 0 Å². The van der Waals surface area contributed by atoms with E-state index in [2.05, 4.69) is 5.32 Å². The van der Waals surface area contributed by atoms with Crippen molar-refractivity contribution in [2.45, 2.75) is 76.6 Å². The van der Waals surface area contributed by atoms with Crippen LogP contribution in [0.3, 0.4) is 0 Å². The minimum absolute atomic E-state index is 0.162. The summed E-state index contributed by atoms with van der Waals surface area (Å²) in [7, 11) is 1.64. The minimum atomic E-state index is -0.913. The first-order valence-electron chi connectivity index (χ1n) is 16.1. The highest BCUT2D eigenvalue weighted by Gasteiger charge is 2.35. The monoisotopic (exact) mass is 624 g/mol. The number of likely N-dealkylation sites (tertiary alicyclic amines) is 1. The van der Waals surface area contributed by atoms with Crippen LogP contribution in [0, 0.1) is 0 Å². The molecule has 4 N–H and O–H groups in total. The highest BCUT2D eigenvalue weighted by Crippen LogP contribution is 2.21. The fraction of sp³-hybridized carbons (Fsp3) is 0.395. The molecule has 8 heteroatoms. The van der Waals surface area contributed by atoms with Crippen molar-refractivity contribution < 1.29 is 19.5 Å². The Bertz CT molecular complexity index is 1470. The van der Waals surface area contributed by atoms with Gasteiger partial charge in [-0.1, -0.05) is 90.5 Å². The Hall–Kier alpha value is -4.27. The second kappa shape index (κ2) is 15.8. The lowest BCUT2D eigenvalue weighted by molar-refractivity contribution is -0.147. The third-order valence-electron chi connectivity index (χ3n) is 8.38. The van der Waals surface area contributed by atoms with Gasteiger partial charge in [0.1, 0.15) is 12.1 Å². The fourth-order valence-corrected chi connectivity index (χ4v) is 6.03. The van der Waals surface area contributed by atoms with Crippen molar-refractivity contribution >= 4 is 17.7 Å². The molecule has 8 nitrogen and oxygen atoms in total. The van der Waals surface area contributed by atoms with Gasteiger partial charge in [0.05, 0.1) is 6.10 Å².